The van der Waals surface area contributed by atoms with Gasteiger partial charge in [0.1, 0.15) is 11.5 Å². The number of halogens is 4. The molecule has 0 aliphatic heterocycles. The van der Waals surface area contributed by atoms with Crippen molar-refractivity contribution in [3.05, 3.63) is 66.2 Å². The monoisotopic (exact) mass is 439 g/mol. The molecule has 4 aromatic rings. The quantitative estimate of drug-likeness (QED) is 0.438. The van der Waals surface area contributed by atoms with E-state index in [4.69, 9.17) is 0 Å². The van der Waals surface area contributed by atoms with Crippen LogP contribution >= 0.6 is 0 Å². The number of rotatable bonds is 4. The van der Waals surface area contributed by atoms with Crippen LogP contribution in [0.15, 0.2) is 57.7 Å². The summed E-state index contributed by atoms with van der Waals surface area (Å²) in [5, 5.41) is 3.35. The smallest absolute Gasteiger partial charge is 0.329 e. The molecule has 0 aliphatic carbocycles. The van der Waals surface area contributed by atoms with E-state index in [0.29, 0.717) is 22.6 Å². The lowest BCUT2D eigenvalue weighted by molar-refractivity contribution is -0.159. The summed E-state index contributed by atoms with van der Waals surface area (Å²) in [7, 11) is -2.71. The van der Waals surface area contributed by atoms with Crippen molar-refractivity contribution < 1.29 is 26.3 Å². The average Bonchev–Trinajstić information content (AvgIpc) is 3.28. The zero-order valence-corrected chi connectivity index (χ0v) is 16.1. The van der Waals surface area contributed by atoms with Crippen LogP contribution in [0.3, 0.4) is 0 Å². The van der Waals surface area contributed by atoms with E-state index in [1.807, 2.05) is 0 Å². The summed E-state index contributed by atoms with van der Waals surface area (Å²) in [6, 6.07) is 8.37. The number of aromatic nitrogens is 4. The first-order valence-corrected chi connectivity index (χ1v) is 10.5. The first-order chi connectivity index (χ1) is 14.1. The molecule has 0 saturated carbocycles. The number of nitrogens with zero attached hydrogens (tertiary/aromatic N) is 5. The molecule has 3 heterocycles. The SMILES string of the molecule is CS(=O)(Cc1cn2cc(-c3noc(C(F)(F)F)n3)ccc2n1)=Nc1ccc(F)cc1. The minimum absolute atomic E-state index is 0.0296. The lowest BCUT2D eigenvalue weighted by atomic mass is 10.3. The van der Waals surface area contributed by atoms with Crippen molar-refractivity contribution in [2.75, 3.05) is 6.26 Å². The number of hydrogen-bond donors (Lipinski definition) is 0. The Bertz CT molecular complexity index is 1330. The molecule has 1 unspecified atom stereocenters. The molecule has 12 heteroatoms. The summed E-state index contributed by atoms with van der Waals surface area (Å²) in [4.78, 5) is 7.71. The standard InChI is InChI=1S/C18H13F4N5O2S/c1-30(28,26-13-5-3-12(19)4-6-13)10-14-9-27-8-11(2-7-15(27)23-14)16-24-17(29-25-16)18(20,21)22/h2-9H,10H2,1H3. The van der Waals surface area contributed by atoms with Crippen molar-refractivity contribution in [1.82, 2.24) is 19.5 Å². The van der Waals surface area contributed by atoms with Gasteiger partial charge in [-0.05, 0) is 36.4 Å². The van der Waals surface area contributed by atoms with E-state index in [2.05, 4.69) is 24.0 Å². The first-order valence-electron chi connectivity index (χ1n) is 8.43. The van der Waals surface area contributed by atoms with Crippen molar-refractivity contribution >= 4 is 21.1 Å². The Morgan fingerprint density at radius 1 is 1.10 bits per heavy atom. The normalized spacial score (nSPS) is 14.0. The fourth-order valence-electron chi connectivity index (χ4n) is 2.73. The van der Waals surface area contributed by atoms with Crippen molar-refractivity contribution in [2.24, 2.45) is 4.36 Å². The maximum absolute atomic E-state index is 13.0. The van der Waals surface area contributed by atoms with Gasteiger partial charge in [0.25, 0.3) is 0 Å². The van der Waals surface area contributed by atoms with Gasteiger partial charge in [-0.15, -0.1) is 0 Å². The van der Waals surface area contributed by atoms with Gasteiger partial charge in [-0.2, -0.15) is 22.5 Å². The lowest BCUT2D eigenvalue weighted by Gasteiger charge is -2.02. The summed E-state index contributed by atoms with van der Waals surface area (Å²) in [5.74, 6) is -2.04. The second-order valence-electron chi connectivity index (χ2n) is 6.51. The van der Waals surface area contributed by atoms with E-state index in [9.17, 15) is 21.8 Å². The molecule has 156 valence electrons. The highest BCUT2D eigenvalue weighted by molar-refractivity contribution is 7.92. The molecule has 0 saturated heterocycles. The van der Waals surface area contributed by atoms with Crippen LogP contribution in [0.5, 0.6) is 0 Å². The van der Waals surface area contributed by atoms with Crippen molar-refractivity contribution in [1.29, 1.82) is 0 Å². The minimum atomic E-state index is -4.73. The molecule has 30 heavy (non-hydrogen) atoms. The zero-order valence-electron chi connectivity index (χ0n) is 15.3. The van der Waals surface area contributed by atoms with Gasteiger partial charge in [-0.3, -0.25) is 0 Å². The molecule has 1 atom stereocenters. The number of pyridine rings is 1. The summed E-state index contributed by atoms with van der Waals surface area (Å²) in [5.41, 5.74) is 1.63. The molecule has 0 spiro atoms. The van der Waals surface area contributed by atoms with Crippen LogP contribution in [-0.4, -0.2) is 30.0 Å². The molecule has 0 aliphatic rings. The van der Waals surface area contributed by atoms with Crippen LogP contribution in [0.1, 0.15) is 11.6 Å². The number of hydrogen-bond acceptors (Lipinski definition) is 6. The van der Waals surface area contributed by atoms with Gasteiger partial charge in [0.15, 0.2) is 0 Å². The van der Waals surface area contributed by atoms with Gasteiger partial charge in [-0.25, -0.2) is 13.6 Å². The molecule has 7 nitrogen and oxygen atoms in total. The molecule has 1 aromatic carbocycles. The fraction of sp³-hybridized carbons (Fsp3) is 0.167. The third-order valence-electron chi connectivity index (χ3n) is 3.97. The number of alkyl halides is 3. The van der Waals surface area contributed by atoms with E-state index in [-0.39, 0.29) is 11.6 Å². The summed E-state index contributed by atoms with van der Waals surface area (Å²) in [6.07, 6.45) is -0.185. The van der Waals surface area contributed by atoms with Gasteiger partial charge in [0.05, 0.1) is 26.9 Å². The Hall–Kier alpha value is -3.28. The Balaban J connectivity index is 1.61. The highest BCUT2D eigenvalue weighted by Crippen LogP contribution is 2.29. The first kappa shape index (κ1) is 20.0. The Labute approximate surface area is 167 Å². The largest absolute Gasteiger partial charge is 0.471 e. The average molecular weight is 439 g/mol. The van der Waals surface area contributed by atoms with Crippen LogP contribution in [-0.2, 0) is 21.7 Å². The van der Waals surface area contributed by atoms with Gasteiger partial charge in [0, 0.05) is 24.2 Å². The van der Waals surface area contributed by atoms with E-state index >= 15 is 0 Å². The Morgan fingerprint density at radius 2 is 1.83 bits per heavy atom. The number of benzene rings is 1. The molecule has 0 bridgehead atoms. The third kappa shape index (κ3) is 4.32. The highest BCUT2D eigenvalue weighted by Gasteiger charge is 2.38. The molecular weight excluding hydrogens is 426 g/mol. The van der Waals surface area contributed by atoms with Crippen LogP contribution in [0, 0.1) is 5.82 Å². The zero-order chi connectivity index (χ0) is 21.5. The maximum atomic E-state index is 13.0. The van der Waals surface area contributed by atoms with Crippen LogP contribution in [0.4, 0.5) is 23.2 Å². The molecule has 0 radical (unpaired) electrons. The Morgan fingerprint density at radius 3 is 2.50 bits per heavy atom. The molecule has 4 rings (SSSR count). The molecule has 0 amide bonds. The summed E-state index contributed by atoms with van der Waals surface area (Å²) >= 11 is 0. The van der Waals surface area contributed by atoms with Gasteiger partial charge in [-0.1, -0.05) is 5.16 Å². The fourth-order valence-corrected chi connectivity index (χ4v) is 4.05. The number of fused-ring (bicyclic) bond motifs is 1. The van der Waals surface area contributed by atoms with Crippen molar-refractivity contribution in [2.45, 2.75) is 11.9 Å². The van der Waals surface area contributed by atoms with Crippen LogP contribution in [0.2, 0.25) is 0 Å². The van der Waals surface area contributed by atoms with Crippen molar-refractivity contribution in [3.63, 3.8) is 0 Å². The third-order valence-corrected chi connectivity index (χ3v) is 5.40. The van der Waals surface area contributed by atoms with E-state index in [0.717, 1.165) is 0 Å². The van der Waals surface area contributed by atoms with Crippen LogP contribution < -0.4 is 0 Å². The molecule has 3 aromatic heterocycles. The number of imidazole rings is 1. The second-order valence-corrected chi connectivity index (χ2v) is 8.90. The van der Waals surface area contributed by atoms with Crippen LogP contribution in [0.25, 0.3) is 17.0 Å². The van der Waals surface area contributed by atoms with E-state index in [1.54, 1.807) is 16.7 Å². The summed E-state index contributed by atoms with van der Waals surface area (Å²) < 4.78 is 73.7. The van der Waals surface area contributed by atoms with Crippen molar-refractivity contribution in [3.8, 4) is 11.4 Å². The maximum Gasteiger partial charge on any atom is 0.471 e. The molecular formula is C18H13F4N5O2S. The predicted molar refractivity (Wildman–Crippen MR) is 99.7 cm³/mol. The second kappa shape index (κ2) is 7.20. The topological polar surface area (TPSA) is 85.7 Å². The minimum Gasteiger partial charge on any atom is -0.329 e. The Kier molecular flexibility index (Phi) is 4.80. The van der Waals surface area contributed by atoms with Gasteiger partial charge >= 0.3 is 12.1 Å². The lowest BCUT2D eigenvalue weighted by Crippen LogP contribution is -2.04. The van der Waals surface area contributed by atoms with Gasteiger partial charge in [0.2, 0.25) is 5.82 Å². The molecule has 0 N–H and O–H groups in total. The van der Waals surface area contributed by atoms with Gasteiger partial charge < -0.3 is 8.92 Å². The summed E-state index contributed by atoms with van der Waals surface area (Å²) in [6.45, 7) is 0. The van der Waals surface area contributed by atoms with E-state index in [1.165, 1.54) is 42.8 Å². The predicted octanol–water partition coefficient (Wildman–Crippen LogP) is 4.47. The van der Waals surface area contributed by atoms with E-state index < -0.39 is 27.6 Å². The molecule has 0 fully saturated rings. The highest BCUT2D eigenvalue weighted by atomic mass is 32.2.